The van der Waals surface area contributed by atoms with Gasteiger partial charge in [0.05, 0.1) is 17.8 Å². The van der Waals surface area contributed by atoms with E-state index in [9.17, 15) is 13.6 Å². The predicted molar refractivity (Wildman–Crippen MR) is 76.3 cm³/mol. The van der Waals surface area contributed by atoms with E-state index < -0.39 is 11.9 Å². The zero-order chi connectivity index (χ0) is 15.6. The Bertz CT molecular complexity index is 552. The van der Waals surface area contributed by atoms with Gasteiger partial charge in [0, 0.05) is 25.9 Å². The van der Waals surface area contributed by atoms with Crippen LogP contribution in [0.3, 0.4) is 0 Å². The fourth-order valence-electron chi connectivity index (χ4n) is 2.35. The van der Waals surface area contributed by atoms with Gasteiger partial charge in [-0.05, 0) is 19.4 Å². The van der Waals surface area contributed by atoms with Gasteiger partial charge in [0.2, 0.25) is 5.92 Å². The number of aryl methyl sites for hydroxylation is 1. The first kappa shape index (κ1) is 15.9. The highest BCUT2D eigenvalue weighted by Crippen LogP contribution is 2.32. The Kier molecular flexibility index (Phi) is 4.66. The van der Waals surface area contributed by atoms with Crippen molar-refractivity contribution >= 4 is 23.4 Å². The van der Waals surface area contributed by atoms with Crippen LogP contribution in [0.15, 0.2) is 6.07 Å². The van der Waals surface area contributed by atoms with Gasteiger partial charge in [-0.3, -0.25) is 0 Å². The van der Waals surface area contributed by atoms with E-state index in [1.54, 1.807) is 11.8 Å². The number of ether oxygens (including phenoxy) is 1. The third-order valence-corrected chi connectivity index (χ3v) is 3.94. The van der Waals surface area contributed by atoms with Crippen LogP contribution < -0.4 is 4.90 Å². The van der Waals surface area contributed by atoms with E-state index in [2.05, 4.69) is 4.98 Å². The molecular formula is C14H17ClF2N2O2. The number of anilines is 1. The molecule has 0 bridgehead atoms. The van der Waals surface area contributed by atoms with Gasteiger partial charge >= 0.3 is 5.97 Å². The molecule has 1 aliphatic rings. The summed E-state index contributed by atoms with van der Waals surface area (Å²) in [6.45, 7) is 2.28. The average Bonchev–Trinajstić information content (AvgIpc) is 2.61. The van der Waals surface area contributed by atoms with Crippen molar-refractivity contribution in [1.82, 2.24) is 4.98 Å². The van der Waals surface area contributed by atoms with Gasteiger partial charge in [0.25, 0.3) is 0 Å². The molecule has 0 spiro atoms. The first-order valence-corrected chi connectivity index (χ1v) is 7.10. The first-order chi connectivity index (χ1) is 9.84. The molecule has 0 aliphatic carbocycles. The van der Waals surface area contributed by atoms with E-state index in [0.717, 1.165) is 0 Å². The molecule has 0 radical (unpaired) electrons. The zero-order valence-corrected chi connectivity index (χ0v) is 12.7. The van der Waals surface area contributed by atoms with Crippen LogP contribution in [0, 0.1) is 6.92 Å². The minimum absolute atomic E-state index is 0.144. The average molecular weight is 319 g/mol. The summed E-state index contributed by atoms with van der Waals surface area (Å²) in [6.07, 6.45) is -0.0580. The lowest BCUT2D eigenvalue weighted by molar-refractivity contribution is -0.0102. The SMILES string of the molecule is COC(=O)c1cc(Cl)c(C)nc1N1CCCC(F)(F)CC1. The number of halogens is 3. The Morgan fingerprint density at radius 1 is 1.43 bits per heavy atom. The summed E-state index contributed by atoms with van der Waals surface area (Å²) >= 11 is 5.99. The van der Waals surface area contributed by atoms with Crippen molar-refractivity contribution in [3.05, 3.63) is 22.3 Å². The monoisotopic (exact) mass is 318 g/mol. The highest BCUT2D eigenvalue weighted by atomic mass is 35.5. The molecule has 4 nitrogen and oxygen atoms in total. The number of hydrogen-bond donors (Lipinski definition) is 0. The van der Waals surface area contributed by atoms with Crippen molar-refractivity contribution in [3.8, 4) is 0 Å². The van der Waals surface area contributed by atoms with Gasteiger partial charge < -0.3 is 9.64 Å². The molecule has 0 atom stereocenters. The lowest BCUT2D eigenvalue weighted by atomic mass is 10.1. The Hall–Kier alpha value is -1.43. The van der Waals surface area contributed by atoms with Crippen LogP contribution in [-0.4, -0.2) is 37.1 Å². The molecule has 0 unspecified atom stereocenters. The molecule has 1 aromatic heterocycles. The Labute approximate surface area is 127 Å². The van der Waals surface area contributed by atoms with E-state index in [0.29, 0.717) is 29.5 Å². The predicted octanol–water partition coefficient (Wildman–Crippen LogP) is 3.46. The van der Waals surface area contributed by atoms with Crippen molar-refractivity contribution in [2.24, 2.45) is 0 Å². The molecule has 0 saturated carbocycles. The number of rotatable bonds is 2. The van der Waals surface area contributed by atoms with E-state index in [4.69, 9.17) is 16.3 Å². The maximum atomic E-state index is 13.5. The number of carbonyl (C=O) groups is 1. The van der Waals surface area contributed by atoms with E-state index >= 15 is 0 Å². The fourth-order valence-corrected chi connectivity index (χ4v) is 2.50. The molecule has 21 heavy (non-hydrogen) atoms. The second-order valence-corrected chi connectivity index (χ2v) is 5.52. The zero-order valence-electron chi connectivity index (χ0n) is 12.0. The molecule has 1 aromatic rings. The first-order valence-electron chi connectivity index (χ1n) is 6.72. The van der Waals surface area contributed by atoms with Crippen molar-refractivity contribution in [2.45, 2.75) is 32.1 Å². The van der Waals surface area contributed by atoms with Crippen LogP contribution in [0.5, 0.6) is 0 Å². The Balaban J connectivity index is 2.37. The van der Waals surface area contributed by atoms with Crippen LogP contribution in [0.25, 0.3) is 0 Å². The Morgan fingerprint density at radius 3 is 2.81 bits per heavy atom. The number of carbonyl (C=O) groups excluding carboxylic acids is 1. The van der Waals surface area contributed by atoms with Gasteiger partial charge in [0.1, 0.15) is 11.4 Å². The molecule has 1 aliphatic heterocycles. The molecular weight excluding hydrogens is 302 g/mol. The number of pyridine rings is 1. The highest BCUT2D eigenvalue weighted by Gasteiger charge is 2.33. The molecule has 116 valence electrons. The summed E-state index contributed by atoms with van der Waals surface area (Å²) in [5.74, 6) is -2.88. The van der Waals surface area contributed by atoms with Crippen LogP contribution in [0.1, 0.15) is 35.3 Å². The molecule has 7 heteroatoms. The van der Waals surface area contributed by atoms with Crippen molar-refractivity contribution in [2.75, 3.05) is 25.1 Å². The minimum Gasteiger partial charge on any atom is -0.465 e. The van der Waals surface area contributed by atoms with E-state index in [-0.39, 0.29) is 24.9 Å². The second kappa shape index (κ2) is 6.13. The lowest BCUT2D eigenvalue weighted by Gasteiger charge is -2.24. The topological polar surface area (TPSA) is 42.4 Å². The fraction of sp³-hybridized carbons (Fsp3) is 0.571. The van der Waals surface area contributed by atoms with Crippen LogP contribution >= 0.6 is 11.6 Å². The maximum absolute atomic E-state index is 13.5. The van der Waals surface area contributed by atoms with Crippen molar-refractivity contribution < 1.29 is 18.3 Å². The molecule has 1 fully saturated rings. The third kappa shape index (κ3) is 3.61. The van der Waals surface area contributed by atoms with Gasteiger partial charge in [-0.15, -0.1) is 0 Å². The number of alkyl halides is 2. The highest BCUT2D eigenvalue weighted by molar-refractivity contribution is 6.31. The number of esters is 1. The molecule has 1 saturated heterocycles. The van der Waals surface area contributed by atoms with Crippen molar-refractivity contribution in [1.29, 1.82) is 0 Å². The summed E-state index contributed by atoms with van der Waals surface area (Å²) in [5, 5.41) is 0.347. The summed E-state index contributed by atoms with van der Waals surface area (Å²) in [4.78, 5) is 17.9. The van der Waals surface area contributed by atoms with Gasteiger partial charge in [-0.25, -0.2) is 18.6 Å². The van der Waals surface area contributed by atoms with Gasteiger partial charge in [-0.1, -0.05) is 11.6 Å². The van der Waals surface area contributed by atoms with Crippen molar-refractivity contribution in [3.63, 3.8) is 0 Å². The normalized spacial score (nSPS) is 18.2. The standard InChI is InChI=1S/C14H17ClF2N2O2/c1-9-11(15)8-10(13(20)21-2)12(18-9)19-6-3-4-14(16,17)5-7-19/h8H,3-7H2,1-2H3. The molecule has 0 N–H and O–H groups in total. The summed E-state index contributed by atoms with van der Waals surface area (Å²) in [5.41, 5.74) is 0.758. The number of methoxy groups -OCH3 is 1. The van der Waals surface area contributed by atoms with Crippen LogP contribution in [-0.2, 0) is 4.74 Å². The number of aromatic nitrogens is 1. The number of nitrogens with zero attached hydrogens (tertiary/aromatic N) is 2. The van der Waals surface area contributed by atoms with Crippen LogP contribution in [0.2, 0.25) is 5.02 Å². The minimum atomic E-state index is -2.67. The quantitative estimate of drug-likeness (QED) is 0.783. The molecule has 2 heterocycles. The van der Waals surface area contributed by atoms with E-state index in [1.807, 2.05) is 0 Å². The molecule has 0 amide bonds. The third-order valence-electron chi connectivity index (χ3n) is 3.55. The Morgan fingerprint density at radius 2 is 2.14 bits per heavy atom. The largest absolute Gasteiger partial charge is 0.465 e. The van der Waals surface area contributed by atoms with E-state index in [1.165, 1.54) is 13.2 Å². The van der Waals surface area contributed by atoms with Gasteiger partial charge in [0.15, 0.2) is 0 Å². The smallest absolute Gasteiger partial charge is 0.341 e. The molecule has 2 rings (SSSR count). The maximum Gasteiger partial charge on any atom is 0.341 e. The summed E-state index contributed by atoms with van der Waals surface area (Å²) in [6, 6.07) is 1.48. The summed E-state index contributed by atoms with van der Waals surface area (Å²) < 4.78 is 31.6. The lowest BCUT2D eigenvalue weighted by Crippen LogP contribution is -2.29. The number of hydrogen-bond acceptors (Lipinski definition) is 4. The van der Waals surface area contributed by atoms with Gasteiger partial charge in [-0.2, -0.15) is 0 Å². The molecule has 0 aromatic carbocycles. The summed E-state index contributed by atoms with van der Waals surface area (Å²) in [7, 11) is 1.26. The van der Waals surface area contributed by atoms with Crippen LogP contribution in [0.4, 0.5) is 14.6 Å². The second-order valence-electron chi connectivity index (χ2n) is 5.11.